The molecule has 1 amide bonds. The molecule has 0 aliphatic carbocycles. The number of hydrogen-bond acceptors (Lipinski definition) is 3. The number of primary amides is 1. The van der Waals surface area contributed by atoms with Crippen molar-refractivity contribution in [2.45, 2.75) is 12.6 Å². The average Bonchev–Trinajstić information content (AvgIpc) is 2.86. The van der Waals surface area contributed by atoms with Crippen LogP contribution in [0.5, 0.6) is 0 Å². The van der Waals surface area contributed by atoms with Crippen LogP contribution in [-0.2, 0) is 11.0 Å². The van der Waals surface area contributed by atoms with Gasteiger partial charge >= 0.3 is 6.18 Å². The molecule has 1 aliphatic heterocycles. The highest BCUT2D eigenvalue weighted by molar-refractivity contribution is 5.78. The van der Waals surface area contributed by atoms with E-state index >= 15 is 0 Å². The van der Waals surface area contributed by atoms with Gasteiger partial charge in [0.15, 0.2) is 0 Å². The third-order valence-electron chi connectivity index (χ3n) is 3.38. The topological polar surface area (TPSA) is 70.1 Å². The van der Waals surface area contributed by atoms with Crippen LogP contribution in [-0.4, -0.2) is 19.0 Å². The minimum absolute atomic E-state index is 0.304. The summed E-state index contributed by atoms with van der Waals surface area (Å²) in [6, 6.07) is 5.08. The SMILES string of the molecule is N#Cc1ccc(N2CC[C@H](C(N)=O)C2)cc1C(F)(F)F. The monoisotopic (exact) mass is 283 g/mol. The van der Waals surface area contributed by atoms with Crippen LogP contribution in [0.25, 0.3) is 0 Å². The van der Waals surface area contributed by atoms with Gasteiger partial charge in [0.25, 0.3) is 0 Å². The average molecular weight is 283 g/mol. The van der Waals surface area contributed by atoms with Crippen LogP contribution in [0.2, 0.25) is 0 Å². The lowest BCUT2D eigenvalue weighted by molar-refractivity contribution is -0.137. The van der Waals surface area contributed by atoms with Gasteiger partial charge in [-0.25, -0.2) is 0 Å². The number of nitriles is 1. The molecule has 1 heterocycles. The zero-order chi connectivity index (χ0) is 14.9. The molecule has 20 heavy (non-hydrogen) atoms. The second kappa shape index (κ2) is 5.04. The summed E-state index contributed by atoms with van der Waals surface area (Å²) in [6.45, 7) is 0.773. The van der Waals surface area contributed by atoms with Crippen LogP contribution in [0.1, 0.15) is 17.5 Å². The van der Waals surface area contributed by atoms with Gasteiger partial charge in [0, 0.05) is 18.8 Å². The normalized spacial score (nSPS) is 18.9. The van der Waals surface area contributed by atoms with E-state index in [1.54, 1.807) is 4.90 Å². The van der Waals surface area contributed by atoms with Gasteiger partial charge in [-0.2, -0.15) is 18.4 Å². The molecule has 0 unspecified atom stereocenters. The van der Waals surface area contributed by atoms with E-state index in [4.69, 9.17) is 11.0 Å². The van der Waals surface area contributed by atoms with Crippen LogP contribution in [0.15, 0.2) is 18.2 Å². The first kappa shape index (κ1) is 14.2. The molecule has 0 saturated carbocycles. The van der Waals surface area contributed by atoms with E-state index in [0.717, 1.165) is 12.1 Å². The molecule has 0 radical (unpaired) electrons. The molecule has 2 rings (SSSR count). The van der Waals surface area contributed by atoms with Crippen molar-refractivity contribution in [2.75, 3.05) is 18.0 Å². The van der Waals surface area contributed by atoms with Crippen molar-refractivity contribution in [3.8, 4) is 6.07 Å². The first-order valence-corrected chi connectivity index (χ1v) is 5.98. The molecular formula is C13H12F3N3O. The number of hydrogen-bond donors (Lipinski definition) is 1. The summed E-state index contributed by atoms with van der Waals surface area (Å²) in [7, 11) is 0. The first-order valence-electron chi connectivity index (χ1n) is 5.98. The van der Waals surface area contributed by atoms with E-state index in [-0.39, 0.29) is 5.92 Å². The van der Waals surface area contributed by atoms with E-state index in [0.29, 0.717) is 25.2 Å². The van der Waals surface area contributed by atoms with Crippen molar-refractivity contribution in [3.05, 3.63) is 29.3 Å². The van der Waals surface area contributed by atoms with E-state index in [1.165, 1.54) is 12.1 Å². The van der Waals surface area contributed by atoms with Gasteiger partial charge in [-0.05, 0) is 24.6 Å². The summed E-state index contributed by atoms with van der Waals surface area (Å²) in [5.41, 5.74) is 4.17. The number of carbonyl (C=O) groups is 1. The fourth-order valence-electron chi connectivity index (χ4n) is 2.29. The summed E-state index contributed by atoms with van der Waals surface area (Å²) < 4.78 is 38.6. The maximum atomic E-state index is 12.9. The molecule has 0 aromatic heterocycles. The van der Waals surface area contributed by atoms with Gasteiger partial charge in [-0.1, -0.05) is 0 Å². The molecule has 7 heteroatoms. The standard InChI is InChI=1S/C13H12F3N3O/c14-13(15,16)11-5-10(2-1-8(11)6-17)19-4-3-9(7-19)12(18)20/h1-2,5,9H,3-4,7H2,(H2,18,20)/t9-/m0/s1. The quantitative estimate of drug-likeness (QED) is 0.901. The van der Waals surface area contributed by atoms with Crippen molar-refractivity contribution < 1.29 is 18.0 Å². The largest absolute Gasteiger partial charge is 0.417 e. The van der Waals surface area contributed by atoms with Crippen molar-refractivity contribution in [1.29, 1.82) is 5.26 Å². The first-order chi connectivity index (χ1) is 9.32. The number of carbonyl (C=O) groups excluding carboxylic acids is 1. The molecule has 4 nitrogen and oxygen atoms in total. The highest BCUT2D eigenvalue weighted by atomic mass is 19.4. The summed E-state index contributed by atoms with van der Waals surface area (Å²) in [6.07, 6.45) is -4.05. The van der Waals surface area contributed by atoms with Crippen molar-refractivity contribution in [3.63, 3.8) is 0 Å². The molecule has 2 N–H and O–H groups in total. The van der Waals surface area contributed by atoms with Gasteiger partial charge in [0.1, 0.15) is 0 Å². The van der Waals surface area contributed by atoms with Gasteiger partial charge in [0.05, 0.1) is 23.1 Å². The zero-order valence-corrected chi connectivity index (χ0v) is 10.4. The predicted octanol–water partition coefficient (Wildman–Crippen LogP) is 1.89. The summed E-state index contributed by atoms with van der Waals surface area (Å²) in [5, 5.41) is 8.73. The molecule has 0 spiro atoms. The Morgan fingerprint density at radius 3 is 2.65 bits per heavy atom. The van der Waals surface area contributed by atoms with Gasteiger partial charge < -0.3 is 10.6 Å². The molecule has 1 aliphatic rings. The molecule has 1 atom stereocenters. The van der Waals surface area contributed by atoms with Crippen LogP contribution in [0.3, 0.4) is 0 Å². The Morgan fingerprint density at radius 1 is 1.45 bits per heavy atom. The maximum Gasteiger partial charge on any atom is 0.417 e. The van der Waals surface area contributed by atoms with E-state index < -0.39 is 23.2 Å². The number of nitrogens with two attached hydrogens (primary N) is 1. The fourth-order valence-corrected chi connectivity index (χ4v) is 2.29. The van der Waals surface area contributed by atoms with E-state index in [2.05, 4.69) is 0 Å². The lowest BCUT2D eigenvalue weighted by Crippen LogP contribution is -2.27. The number of amides is 1. The number of benzene rings is 1. The van der Waals surface area contributed by atoms with Crippen LogP contribution in [0, 0.1) is 17.2 Å². The second-order valence-electron chi connectivity index (χ2n) is 4.67. The molecule has 1 fully saturated rings. The Bertz CT molecular complexity index is 577. The van der Waals surface area contributed by atoms with Crippen LogP contribution in [0.4, 0.5) is 18.9 Å². The summed E-state index contributed by atoms with van der Waals surface area (Å²) in [4.78, 5) is 12.8. The molecule has 106 valence electrons. The van der Waals surface area contributed by atoms with E-state index in [9.17, 15) is 18.0 Å². The Hall–Kier alpha value is -2.23. The maximum absolute atomic E-state index is 12.9. The Morgan fingerprint density at radius 2 is 2.15 bits per heavy atom. The summed E-state index contributed by atoms with van der Waals surface area (Å²) >= 11 is 0. The van der Waals surface area contributed by atoms with Gasteiger partial charge in [-0.15, -0.1) is 0 Å². The summed E-state index contributed by atoms with van der Waals surface area (Å²) in [5.74, 6) is -0.794. The zero-order valence-electron chi connectivity index (χ0n) is 10.4. The molecular weight excluding hydrogens is 271 g/mol. The molecule has 1 aromatic carbocycles. The van der Waals surface area contributed by atoms with Crippen molar-refractivity contribution in [1.82, 2.24) is 0 Å². The number of rotatable bonds is 2. The Labute approximate surface area is 113 Å². The number of halogens is 3. The Kier molecular flexibility index (Phi) is 3.57. The minimum Gasteiger partial charge on any atom is -0.371 e. The van der Waals surface area contributed by atoms with Crippen LogP contribution < -0.4 is 10.6 Å². The third kappa shape index (κ3) is 2.69. The predicted molar refractivity (Wildman–Crippen MR) is 65.7 cm³/mol. The smallest absolute Gasteiger partial charge is 0.371 e. The number of nitrogens with zero attached hydrogens (tertiary/aromatic N) is 2. The Balaban J connectivity index is 2.31. The van der Waals surface area contributed by atoms with E-state index in [1.807, 2.05) is 0 Å². The van der Waals surface area contributed by atoms with Crippen molar-refractivity contribution >= 4 is 11.6 Å². The molecule has 1 aromatic rings. The molecule has 1 saturated heterocycles. The van der Waals surface area contributed by atoms with Gasteiger partial charge in [-0.3, -0.25) is 4.79 Å². The number of anilines is 1. The lowest BCUT2D eigenvalue weighted by atomic mass is 10.1. The lowest BCUT2D eigenvalue weighted by Gasteiger charge is -2.20. The van der Waals surface area contributed by atoms with Crippen LogP contribution >= 0.6 is 0 Å². The van der Waals surface area contributed by atoms with Gasteiger partial charge in [0.2, 0.25) is 5.91 Å². The highest BCUT2D eigenvalue weighted by Crippen LogP contribution is 2.35. The van der Waals surface area contributed by atoms with Crippen molar-refractivity contribution in [2.24, 2.45) is 11.7 Å². The second-order valence-corrected chi connectivity index (χ2v) is 4.67. The molecule has 0 bridgehead atoms. The third-order valence-corrected chi connectivity index (χ3v) is 3.38. The minimum atomic E-state index is -4.58. The fraction of sp³-hybridized carbons (Fsp3) is 0.385. The number of alkyl halides is 3. The highest BCUT2D eigenvalue weighted by Gasteiger charge is 2.35.